The van der Waals surface area contributed by atoms with Crippen LogP contribution in [0.5, 0.6) is 34.5 Å². The van der Waals surface area contributed by atoms with E-state index in [1.165, 1.54) is 11.1 Å². The topological polar surface area (TPSA) is 95.7 Å². The van der Waals surface area contributed by atoms with Gasteiger partial charge in [-0.15, -0.1) is 0 Å². The standard InChI is InChI=1S/C39H45N3O6/c1-7-27-14-16-41(3)31-19-25-8-11-29(12-9-25)47-34-21-26(10-13-33(34)44-5)20-32-37-28(15-17-42(32)4)22-35(45-6)38(48-36(43)23-40)39(37)46-24(2)18-30(27)31/h7-13,18,21-22,31-32H,1,14-17,19-20,23,40H2,2-6H3/b24-18+/t31-,32-/m0/s1. The van der Waals surface area contributed by atoms with Gasteiger partial charge in [0.15, 0.2) is 23.0 Å². The molecular formula is C39H45N3O6. The summed E-state index contributed by atoms with van der Waals surface area (Å²) in [6.45, 7) is 7.56. The fraction of sp³-hybridized carbons (Fsp3) is 0.359. The lowest BCUT2D eigenvalue weighted by Crippen LogP contribution is -2.39. The number of carbonyl (C=O) groups is 1. The van der Waals surface area contributed by atoms with Gasteiger partial charge in [0.1, 0.15) is 11.5 Å². The number of carbonyl (C=O) groups excluding carboxylic acids is 1. The third-order valence-electron chi connectivity index (χ3n) is 9.63. The molecule has 0 radical (unpaired) electrons. The normalized spacial score (nSPS) is 20.9. The molecule has 4 heterocycles. The van der Waals surface area contributed by atoms with E-state index in [-0.39, 0.29) is 24.4 Å². The zero-order valence-electron chi connectivity index (χ0n) is 28.5. The number of hydrogen-bond acceptors (Lipinski definition) is 9. The molecule has 7 rings (SSSR count). The van der Waals surface area contributed by atoms with E-state index in [0.29, 0.717) is 35.2 Å². The number of benzene rings is 3. The van der Waals surface area contributed by atoms with Crippen molar-refractivity contribution >= 4 is 5.97 Å². The lowest BCUT2D eigenvalue weighted by atomic mass is 9.87. The van der Waals surface area contributed by atoms with Gasteiger partial charge in [-0.1, -0.05) is 30.9 Å². The number of nitrogens with zero attached hydrogens (tertiary/aromatic N) is 2. The Bertz CT molecular complexity index is 1760. The second kappa shape index (κ2) is 14.3. The molecule has 0 saturated heterocycles. The molecule has 0 aromatic heterocycles. The molecule has 9 heteroatoms. The van der Waals surface area contributed by atoms with Crippen LogP contribution in [0, 0.1) is 0 Å². The third kappa shape index (κ3) is 6.71. The first-order chi connectivity index (χ1) is 23.2. The third-order valence-corrected chi connectivity index (χ3v) is 9.63. The van der Waals surface area contributed by atoms with Crippen molar-refractivity contribution in [1.82, 2.24) is 9.80 Å². The van der Waals surface area contributed by atoms with Gasteiger partial charge in [-0.25, -0.2) is 0 Å². The van der Waals surface area contributed by atoms with E-state index in [2.05, 4.69) is 54.7 Å². The molecule has 2 N–H and O–H groups in total. The van der Waals surface area contributed by atoms with E-state index >= 15 is 0 Å². The summed E-state index contributed by atoms with van der Waals surface area (Å²) in [5, 5.41) is 0. The Balaban J connectivity index is 1.59. The molecule has 0 saturated carbocycles. The highest BCUT2D eigenvalue weighted by molar-refractivity contribution is 5.77. The molecule has 2 atom stereocenters. The van der Waals surface area contributed by atoms with Gasteiger partial charge in [0.25, 0.3) is 0 Å². The van der Waals surface area contributed by atoms with Crippen molar-refractivity contribution < 1.29 is 28.5 Å². The Labute approximate surface area is 283 Å². The number of fused-ring (bicyclic) bond motifs is 3. The van der Waals surface area contributed by atoms with Crippen LogP contribution in [-0.2, 0) is 24.1 Å². The highest BCUT2D eigenvalue weighted by Gasteiger charge is 2.34. The Morgan fingerprint density at radius 2 is 1.62 bits per heavy atom. The van der Waals surface area contributed by atoms with E-state index in [1.54, 1.807) is 14.2 Å². The highest BCUT2D eigenvalue weighted by atomic mass is 16.6. The average molecular weight is 652 g/mol. The van der Waals surface area contributed by atoms with Gasteiger partial charge >= 0.3 is 5.97 Å². The van der Waals surface area contributed by atoms with Crippen LogP contribution in [-0.4, -0.2) is 69.8 Å². The summed E-state index contributed by atoms with van der Waals surface area (Å²) < 4.78 is 30.7. The second-order valence-corrected chi connectivity index (χ2v) is 12.7. The summed E-state index contributed by atoms with van der Waals surface area (Å²) in [6.07, 6.45) is 7.13. The molecule has 4 bridgehead atoms. The van der Waals surface area contributed by atoms with E-state index in [9.17, 15) is 4.79 Å². The number of hydrogen-bond donors (Lipinski definition) is 1. The molecule has 0 fully saturated rings. The molecule has 4 aliphatic heterocycles. The lowest BCUT2D eigenvalue weighted by Gasteiger charge is -2.37. The van der Waals surface area contributed by atoms with Gasteiger partial charge < -0.3 is 29.4 Å². The summed E-state index contributed by atoms with van der Waals surface area (Å²) in [7, 11) is 7.47. The Morgan fingerprint density at radius 1 is 0.938 bits per heavy atom. The van der Waals surface area contributed by atoms with Crippen molar-refractivity contribution in [2.24, 2.45) is 5.73 Å². The molecule has 0 spiro atoms. The van der Waals surface area contributed by atoms with Crippen LogP contribution >= 0.6 is 0 Å². The minimum atomic E-state index is -0.580. The average Bonchev–Trinajstić information content (AvgIpc) is 3.08. The van der Waals surface area contributed by atoms with Crippen LogP contribution in [0.3, 0.4) is 0 Å². The molecular weight excluding hydrogens is 606 g/mol. The van der Waals surface area contributed by atoms with Gasteiger partial charge in [0.05, 0.1) is 20.8 Å². The minimum absolute atomic E-state index is 0.0837. The van der Waals surface area contributed by atoms with E-state index in [4.69, 9.17) is 29.4 Å². The van der Waals surface area contributed by atoms with E-state index in [1.807, 2.05) is 43.3 Å². The molecule has 9 nitrogen and oxygen atoms in total. The number of methoxy groups -OCH3 is 2. The fourth-order valence-corrected chi connectivity index (χ4v) is 7.02. The largest absolute Gasteiger partial charge is 0.493 e. The Morgan fingerprint density at radius 3 is 2.33 bits per heavy atom. The van der Waals surface area contributed by atoms with Gasteiger partial charge in [-0.3, -0.25) is 14.6 Å². The molecule has 4 aliphatic rings. The first-order valence-electron chi connectivity index (χ1n) is 16.4. The first kappa shape index (κ1) is 33.3. The number of ether oxygens (including phenoxy) is 5. The van der Waals surface area contributed by atoms with Crippen molar-refractivity contribution in [2.45, 2.75) is 44.7 Å². The van der Waals surface area contributed by atoms with Gasteiger partial charge in [0, 0.05) is 30.7 Å². The first-order valence-corrected chi connectivity index (χ1v) is 16.4. The second-order valence-electron chi connectivity index (χ2n) is 12.7. The van der Waals surface area contributed by atoms with Crippen molar-refractivity contribution in [3.05, 3.63) is 106 Å². The van der Waals surface area contributed by atoms with Crippen LogP contribution in [0.4, 0.5) is 0 Å². The van der Waals surface area contributed by atoms with E-state index in [0.717, 1.165) is 60.4 Å². The van der Waals surface area contributed by atoms with Crippen LogP contribution in [0.15, 0.2) is 84.2 Å². The number of nitrogens with two attached hydrogens (primary N) is 1. The predicted molar refractivity (Wildman–Crippen MR) is 186 cm³/mol. The quantitative estimate of drug-likeness (QED) is 0.257. The monoisotopic (exact) mass is 651 g/mol. The molecule has 0 aliphatic carbocycles. The maximum absolute atomic E-state index is 12.7. The van der Waals surface area contributed by atoms with Gasteiger partial charge in [0.2, 0.25) is 5.75 Å². The summed E-state index contributed by atoms with van der Waals surface area (Å²) in [6, 6.07) is 16.2. The predicted octanol–water partition coefficient (Wildman–Crippen LogP) is 6.16. The molecule has 3 aromatic rings. The van der Waals surface area contributed by atoms with Gasteiger partial charge in [-0.05, 0) is 111 Å². The maximum atomic E-state index is 12.7. The fourth-order valence-electron chi connectivity index (χ4n) is 7.02. The smallest absolute Gasteiger partial charge is 0.325 e. The van der Waals surface area contributed by atoms with Crippen LogP contribution in [0.1, 0.15) is 41.6 Å². The van der Waals surface area contributed by atoms with Crippen molar-refractivity contribution in [3.8, 4) is 34.5 Å². The molecule has 3 aromatic carbocycles. The van der Waals surface area contributed by atoms with Crippen LogP contribution in [0.2, 0.25) is 0 Å². The molecule has 48 heavy (non-hydrogen) atoms. The number of allylic oxidation sites excluding steroid dienone is 2. The van der Waals surface area contributed by atoms with Gasteiger partial charge in [-0.2, -0.15) is 0 Å². The molecule has 252 valence electrons. The van der Waals surface area contributed by atoms with Crippen LogP contribution < -0.4 is 29.4 Å². The Kier molecular flexibility index (Phi) is 9.91. The van der Waals surface area contributed by atoms with Crippen molar-refractivity contribution in [3.63, 3.8) is 0 Å². The molecule has 0 unspecified atom stereocenters. The Hall–Kier alpha value is -4.57. The number of rotatable bonds is 5. The number of esters is 1. The van der Waals surface area contributed by atoms with Crippen molar-refractivity contribution in [2.75, 3.05) is 47.9 Å². The highest BCUT2D eigenvalue weighted by Crippen LogP contribution is 2.49. The summed E-state index contributed by atoms with van der Waals surface area (Å²) in [4.78, 5) is 17.4. The summed E-state index contributed by atoms with van der Waals surface area (Å²) in [5.41, 5.74) is 12.3. The SMILES string of the molecule is C=CC1=C2/C=C(\C)Oc3c(OC(=O)CN)c(OC)cc4c3[C@H](Cc3ccc(OC)c(c3)Oc3ccc(cc3)C[C@@H]2N(C)CC1)N(C)CC4. The summed E-state index contributed by atoms with van der Waals surface area (Å²) in [5.74, 6) is 3.21. The summed E-state index contributed by atoms with van der Waals surface area (Å²) >= 11 is 0. The minimum Gasteiger partial charge on any atom is -0.493 e. The van der Waals surface area contributed by atoms with Crippen molar-refractivity contribution in [1.29, 1.82) is 0 Å². The lowest BCUT2D eigenvalue weighted by molar-refractivity contribution is -0.133. The maximum Gasteiger partial charge on any atom is 0.325 e. The number of likely N-dealkylation sites (N-methyl/N-ethyl adjacent to an activating group) is 2. The zero-order chi connectivity index (χ0) is 33.9. The van der Waals surface area contributed by atoms with E-state index < -0.39 is 5.97 Å². The molecule has 0 amide bonds. The van der Waals surface area contributed by atoms with Crippen LogP contribution in [0.25, 0.3) is 0 Å². The zero-order valence-corrected chi connectivity index (χ0v) is 28.5.